The summed E-state index contributed by atoms with van der Waals surface area (Å²) in [6.45, 7) is 8.95. The van der Waals surface area contributed by atoms with Crippen molar-refractivity contribution in [3.63, 3.8) is 0 Å². The zero-order valence-corrected chi connectivity index (χ0v) is 13.6. The van der Waals surface area contributed by atoms with E-state index in [0.717, 1.165) is 25.4 Å². The molecule has 0 aromatic heterocycles. The second-order valence-corrected chi connectivity index (χ2v) is 6.81. The normalized spacial score (nSPS) is 12.1. The summed E-state index contributed by atoms with van der Waals surface area (Å²) in [4.78, 5) is 2.39. The second kappa shape index (κ2) is 7.91. The molecule has 0 aliphatic rings. The molecule has 0 saturated heterocycles. The van der Waals surface area contributed by atoms with E-state index in [1.807, 2.05) is 0 Å². The summed E-state index contributed by atoms with van der Waals surface area (Å²) in [6.07, 6.45) is 3.61. The van der Waals surface area contributed by atoms with Crippen molar-refractivity contribution < 1.29 is 0 Å². The molecule has 0 N–H and O–H groups in total. The minimum atomic E-state index is 0.242. The SMILES string of the molecule is CN(CCCCCCl)Cc1ccc(C(C)(C)C)cc1. The van der Waals surface area contributed by atoms with Gasteiger partial charge in [0.15, 0.2) is 0 Å². The predicted molar refractivity (Wildman–Crippen MR) is 86.0 cm³/mol. The fraction of sp³-hybridized carbons (Fsp3) is 0.647. The van der Waals surface area contributed by atoms with Crippen molar-refractivity contribution in [2.45, 2.75) is 52.0 Å². The summed E-state index contributed by atoms with van der Waals surface area (Å²) in [5.74, 6) is 0.790. The largest absolute Gasteiger partial charge is 0.302 e. The maximum absolute atomic E-state index is 5.68. The van der Waals surface area contributed by atoms with Gasteiger partial charge < -0.3 is 4.90 Å². The Morgan fingerprint density at radius 2 is 1.63 bits per heavy atom. The summed E-state index contributed by atoms with van der Waals surface area (Å²) in [6, 6.07) is 9.04. The van der Waals surface area contributed by atoms with Gasteiger partial charge in [0.05, 0.1) is 0 Å². The first-order valence-corrected chi connectivity index (χ1v) is 7.81. The van der Waals surface area contributed by atoms with Crippen molar-refractivity contribution in [2.75, 3.05) is 19.5 Å². The molecule has 0 unspecified atom stereocenters. The summed E-state index contributed by atoms with van der Waals surface area (Å²) in [5.41, 5.74) is 3.04. The molecule has 1 aromatic carbocycles. The van der Waals surface area contributed by atoms with Gasteiger partial charge in [-0.3, -0.25) is 0 Å². The Hall–Kier alpha value is -0.530. The van der Waals surface area contributed by atoms with Crippen LogP contribution in [0.25, 0.3) is 0 Å². The highest BCUT2D eigenvalue weighted by Crippen LogP contribution is 2.22. The summed E-state index contributed by atoms with van der Waals surface area (Å²) < 4.78 is 0. The molecule has 1 aromatic rings. The molecular weight excluding hydrogens is 254 g/mol. The van der Waals surface area contributed by atoms with Crippen molar-refractivity contribution >= 4 is 11.6 Å². The average molecular weight is 282 g/mol. The van der Waals surface area contributed by atoms with Crippen LogP contribution in [0.15, 0.2) is 24.3 Å². The summed E-state index contributed by atoms with van der Waals surface area (Å²) in [7, 11) is 2.19. The molecule has 0 aliphatic heterocycles. The molecule has 19 heavy (non-hydrogen) atoms. The van der Waals surface area contributed by atoms with E-state index < -0.39 is 0 Å². The lowest BCUT2D eigenvalue weighted by molar-refractivity contribution is 0.318. The fourth-order valence-electron chi connectivity index (χ4n) is 2.15. The number of hydrogen-bond acceptors (Lipinski definition) is 1. The lowest BCUT2D eigenvalue weighted by atomic mass is 9.87. The zero-order valence-electron chi connectivity index (χ0n) is 12.9. The van der Waals surface area contributed by atoms with E-state index in [9.17, 15) is 0 Å². The van der Waals surface area contributed by atoms with Crippen LogP contribution in [0.3, 0.4) is 0 Å². The first kappa shape index (κ1) is 16.5. The van der Waals surface area contributed by atoms with E-state index in [2.05, 4.69) is 57.0 Å². The van der Waals surface area contributed by atoms with Gasteiger partial charge >= 0.3 is 0 Å². The maximum atomic E-state index is 5.68. The number of rotatable bonds is 7. The van der Waals surface area contributed by atoms with E-state index >= 15 is 0 Å². The third-order valence-corrected chi connectivity index (χ3v) is 3.71. The molecule has 0 atom stereocenters. The molecule has 0 amide bonds. The molecule has 108 valence electrons. The van der Waals surface area contributed by atoms with E-state index in [-0.39, 0.29) is 5.41 Å². The highest BCUT2D eigenvalue weighted by molar-refractivity contribution is 6.17. The van der Waals surface area contributed by atoms with Gasteiger partial charge in [-0.05, 0) is 43.0 Å². The highest BCUT2D eigenvalue weighted by Gasteiger charge is 2.12. The number of unbranched alkanes of at least 4 members (excludes halogenated alkanes) is 2. The van der Waals surface area contributed by atoms with E-state index in [4.69, 9.17) is 11.6 Å². The van der Waals surface area contributed by atoms with Crippen molar-refractivity contribution in [3.05, 3.63) is 35.4 Å². The summed E-state index contributed by atoms with van der Waals surface area (Å²) >= 11 is 5.68. The van der Waals surface area contributed by atoms with Gasteiger partial charge in [0.1, 0.15) is 0 Å². The number of alkyl halides is 1. The standard InChI is InChI=1S/C17H28ClN/c1-17(2,3)16-10-8-15(9-11-16)14-19(4)13-7-5-6-12-18/h8-11H,5-7,12-14H2,1-4H3. The van der Waals surface area contributed by atoms with Gasteiger partial charge in [-0.15, -0.1) is 11.6 Å². The van der Waals surface area contributed by atoms with Crippen LogP contribution in [0, 0.1) is 0 Å². The van der Waals surface area contributed by atoms with Crippen LogP contribution in [0.4, 0.5) is 0 Å². The van der Waals surface area contributed by atoms with Gasteiger partial charge in [0, 0.05) is 12.4 Å². The lowest BCUT2D eigenvalue weighted by Crippen LogP contribution is -2.19. The van der Waals surface area contributed by atoms with Crippen molar-refractivity contribution in [1.82, 2.24) is 4.90 Å². The molecule has 0 fully saturated rings. The van der Waals surface area contributed by atoms with E-state index in [0.29, 0.717) is 0 Å². The van der Waals surface area contributed by atoms with Gasteiger partial charge in [0.25, 0.3) is 0 Å². The minimum absolute atomic E-state index is 0.242. The molecule has 0 radical (unpaired) electrons. The molecule has 0 aliphatic carbocycles. The van der Waals surface area contributed by atoms with Gasteiger partial charge in [-0.2, -0.15) is 0 Å². The number of halogens is 1. The third-order valence-electron chi connectivity index (χ3n) is 3.45. The van der Waals surface area contributed by atoms with Crippen LogP contribution in [0.1, 0.15) is 51.2 Å². The minimum Gasteiger partial charge on any atom is -0.302 e. The van der Waals surface area contributed by atoms with Crippen LogP contribution in [0.2, 0.25) is 0 Å². The smallest absolute Gasteiger partial charge is 0.0230 e. The topological polar surface area (TPSA) is 3.24 Å². The Morgan fingerprint density at radius 1 is 1.00 bits per heavy atom. The lowest BCUT2D eigenvalue weighted by Gasteiger charge is -2.20. The molecule has 1 nitrogen and oxygen atoms in total. The highest BCUT2D eigenvalue weighted by atomic mass is 35.5. The van der Waals surface area contributed by atoms with Crippen molar-refractivity contribution in [3.8, 4) is 0 Å². The van der Waals surface area contributed by atoms with E-state index in [1.54, 1.807) is 0 Å². The molecule has 0 heterocycles. The van der Waals surface area contributed by atoms with Gasteiger partial charge in [0.2, 0.25) is 0 Å². The van der Waals surface area contributed by atoms with Crippen molar-refractivity contribution in [2.24, 2.45) is 0 Å². The number of hydrogen-bond donors (Lipinski definition) is 0. The van der Waals surface area contributed by atoms with Crippen LogP contribution in [-0.2, 0) is 12.0 Å². The Balaban J connectivity index is 2.40. The molecule has 1 rings (SSSR count). The van der Waals surface area contributed by atoms with Crippen LogP contribution in [-0.4, -0.2) is 24.4 Å². The number of nitrogens with zero attached hydrogens (tertiary/aromatic N) is 1. The second-order valence-electron chi connectivity index (χ2n) is 6.43. The number of benzene rings is 1. The summed E-state index contributed by atoms with van der Waals surface area (Å²) in [5, 5.41) is 0. The van der Waals surface area contributed by atoms with E-state index in [1.165, 1.54) is 24.0 Å². The fourth-order valence-corrected chi connectivity index (χ4v) is 2.34. The first-order chi connectivity index (χ1) is 8.93. The van der Waals surface area contributed by atoms with Crippen LogP contribution >= 0.6 is 11.6 Å². The average Bonchev–Trinajstić information content (AvgIpc) is 2.34. The quantitative estimate of drug-likeness (QED) is 0.511. The van der Waals surface area contributed by atoms with Crippen molar-refractivity contribution in [1.29, 1.82) is 0 Å². The Kier molecular flexibility index (Phi) is 6.88. The maximum Gasteiger partial charge on any atom is 0.0230 e. The molecule has 0 spiro atoms. The predicted octanol–water partition coefficient (Wildman–Crippen LogP) is 4.83. The monoisotopic (exact) mass is 281 g/mol. The van der Waals surface area contributed by atoms with Crippen LogP contribution < -0.4 is 0 Å². The molecule has 2 heteroatoms. The first-order valence-electron chi connectivity index (χ1n) is 7.27. The van der Waals surface area contributed by atoms with Crippen LogP contribution in [0.5, 0.6) is 0 Å². The molecule has 0 bridgehead atoms. The van der Waals surface area contributed by atoms with Gasteiger partial charge in [-0.25, -0.2) is 0 Å². The third kappa shape index (κ3) is 6.44. The Morgan fingerprint density at radius 3 is 2.16 bits per heavy atom. The Bertz CT molecular complexity index is 351. The molecule has 0 saturated carbocycles. The molecular formula is C17H28ClN. The zero-order chi connectivity index (χ0) is 14.3. The van der Waals surface area contributed by atoms with Gasteiger partial charge in [-0.1, -0.05) is 51.5 Å². The Labute approximate surface area is 124 Å².